The van der Waals surface area contributed by atoms with Gasteiger partial charge in [0.1, 0.15) is 5.84 Å². The van der Waals surface area contributed by atoms with E-state index < -0.39 is 17.4 Å². The number of amidine groups is 1. The first-order valence-electron chi connectivity index (χ1n) is 6.89. The highest BCUT2D eigenvalue weighted by Crippen LogP contribution is 2.15. The van der Waals surface area contributed by atoms with Crippen molar-refractivity contribution in [2.24, 2.45) is 16.5 Å². The summed E-state index contributed by atoms with van der Waals surface area (Å²) in [6, 6.07) is 4.34. The fourth-order valence-corrected chi connectivity index (χ4v) is 1.88. The molecular formula is C16H15F2N5O. The summed E-state index contributed by atoms with van der Waals surface area (Å²) in [5.74, 6) is -2.75. The van der Waals surface area contributed by atoms with Crippen LogP contribution in [-0.2, 0) is 0 Å². The number of nitrogens with two attached hydrogens (primary N) is 2. The maximum Gasteiger partial charge on any atom is 0.230 e. The van der Waals surface area contributed by atoms with E-state index in [2.05, 4.69) is 15.0 Å². The van der Waals surface area contributed by atoms with Gasteiger partial charge in [0.15, 0.2) is 17.5 Å². The quantitative estimate of drug-likeness (QED) is 0.507. The minimum absolute atomic E-state index is 0.0694. The first-order chi connectivity index (χ1) is 11.3. The number of carbonyl (C=O) groups is 1. The molecule has 2 rings (SSSR count). The van der Waals surface area contributed by atoms with Gasteiger partial charge < -0.3 is 11.5 Å². The Balaban J connectivity index is 2.42. The molecule has 1 aromatic heterocycles. The monoisotopic (exact) mass is 331 g/mol. The third-order valence-corrected chi connectivity index (χ3v) is 2.84. The van der Waals surface area contributed by atoms with Gasteiger partial charge in [-0.1, -0.05) is 0 Å². The van der Waals surface area contributed by atoms with Crippen LogP contribution < -0.4 is 11.5 Å². The Morgan fingerprint density at radius 1 is 1.17 bits per heavy atom. The van der Waals surface area contributed by atoms with Crippen LogP contribution in [0.1, 0.15) is 28.8 Å². The van der Waals surface area contributed by atoms with E-state index in [1.807, 2.05) is 0 Å². The number of nitrogens with zero attached hydrogens (tertiary/aromatic N) is 3. The van der Waals surface area contributed by atoms with Gasteiger partial charge in [0.2, 0.25) is 11.6 Å². The van der Waals surface area contributed by atoms with E-state index in [1.165, 1.54) is 12.1 Å². The number of rotatable bonds is 4. The number of halogens is 2. The molecular weight excluding hydrogens is 316 g/mol. The van der Waals surface area contributed by atoms with E-state index in [1.54, 1.807) is 13.8 Å². The lowest BCUT2D eigenvalue weighted by Gasteiger charge is -2.04. The molecule has 6 nitrogen and oxygen atoms in total. The first-order valence-corrected chi connectivity index (χ1v) is 6.89. The van der Waals surface area contributed by atoms with Crippen molar-refractivity contribution in [2.45, 2.75) is 13.8 Å². The lowest BCUT2D eigenvalue weighted by Crippen LogP contribution is -2.12. The fraction of sp³-hybridized carbons (Fsp3) is 0.125. The Bertz CT molecular complexity index is 858. The van der Waals surface area contributed by atoms with Crippen molar-refractivity contribution in [3.63, 3.8) is 0 Å². The number of carbonyl (C=O) groups excluding carboxylic acids is 1. The molecule has 0 atom stereocenters. The Labute approximate surface area is 136 Å². The number of aromatic nitrogens is 2. The minimum atomic E-state index is -1.13. The van der Waals surface area contributed by atoms with Crippen LogP contribution in [0.25, 0.3) is 0 Å². The maximum absolute atomic E-state index is 13.3. The fourth-order valence-electron chi connectivity index (χ4n) is 1.88. The van der Waals surface area contributed by atoms with Crippen molar-refractivity contribution in [2.75, 3.05) is 0 Å². The lowest BCUT2D eigenvalue weighted by atomic mass is 10.1. The summed E-state index contributed by atoms with van der Waals surface area (Å²) in [6.07, 6.45) is 1.44. The molecule has 0 radical (unpaired) electrons. The molecule has 0 fully saturated rings. The highest BCUT2D eigenvalue weighted by atomic mass is 19.2. The molecule has 0 aliphatic heterocycles. The zero-order valence-electron chi connectivity index (χ0n) is 13.0. The zero-order chi connectivity index (χ0) is 17.9. The smallest absolute Gasteiger partial charge is 0.230 e. The highest BCUT2D eigenvalue weighted by molar-refractivity contribution is 6.06. The minimum Gasteiger partial charge on any atom is -0.402 e. The van der Waals surface area contributed by atoms with E-state index >= 15 is 0 Å². The maximum atomic E-state index is 13.3. The van der Waals surface area contributed by atoms with Gasteiger partial charge in [-0.2, -0.15) is 0 Å². The second-order valence-corrected chi connectivity index (χ2v) is 5.07. The average molecular weight is 331 g/mol. The number of ketones is 1. The summed E-state index contributed by atoms with van der Waals surface area (Å²) in [7, 11) is 0. The molecule has 0 bridgehead atoms. The Kier molecular flexibility index (Phi) is 4.98. The van der Waals surface area contributed by atoms with Crippen LogP contribution in [0, 0.1) is 18.6 Å². The van der Waals surface area contributed by atoms with Gasteiger partial charge >= 0.3 is 0 Å². The number of aliphatic imine (C=N–C) groups is 1. The van der Waals surface area contributed by atoms with Crippen molar-refractivity contribution >= 4 is 17.4 Å². The summed E-state index contributed by atoms with van der Waals surface area (Å²) in [4.78, 5) is 24.4. The third kappa shape index (κ3) is 4.19. The van der Waals surface area contributed by atoms with Crippen LogP contribution in [0.4, 0.5) is 14.6 Å². The topological polar surface area (TPSA) is 107 Å². The summed E-state index contributed by atoms with van der Waals surface area (Å²) >= 11 is 0. The number of hydrogen-bond donors (Lipinski definition) is 2. The molecule has 0 aliphatic carbocycles. The normalized spacial score (nSPS) is 12.3. The van der Waals surface area contributed by atoms with Crippen LogP contribution in [0.3, 0.4) is 0 Å². The molecule has 0 saturated carbocycles. The lowest BCUT2D eigenvalue weighted by molar-refractivity contribution is 0.102. The molecule has 1 heterocycles. The van der Waals surface area contributed by atoms with Gasteiger partial charge in [-0.05, 0) is 38.1 Å². The number of hydrogen-bond acceptors (Lipinski definition) is 5. The molecule has 2 aromatic rings. The first kappa shape index (κ1) is 17.2. The van der Waals surface area contributed by atoms with Gasteiger partial charge in [0.05, 0.1) is 0 Å². The molecule has 0 spiro atoms. The zero-order valence-corrected chi connectivity index (χ0v) is 13.0. The van der Waals surface area contributed by atoms with E-state index in [4.69, 9.17) is 11.5 Å². The summed E-state index contributed by atoms with van der Waals surface area (Å²) in [6.45, 7) is 3.29. The van der Waals surface area contributed by atoms with Gasteiger partial charge in [-0.25, -0.2) is 23.7 Å². The molecule has 0 unspecified atom stereocenters. The van der Waals surface area contributed by atoms with Crippen molar-refractivity contribution in [1.29, 1.82) is 0 Å². The van der Waals surface area contributed by atoms with Crippen molar-refractivity contribution in [3.05, 3.63) is 64.8 Å². The van der Waals surface area contributed by atoms with E-state index in [-0.39, 0.29) is 23.0 Å². The summed E-state index contributed by atoms with van der Waals surface area (Å²) in [5, 5.41) is 0. The van der Waals surface area contributed by atoms with Crippen molar-refractivity contribution in [3.8, 4) is 0 Å². The largest absolute Gasteiger partial charge is 0.402 e. The Morgan fingerprint density at radius 3 is 2.50 bits per heavy atom. The predicted molar refractivity (Wildman–Crippen MR) is 85.8 cm³/mol. The average Bonchev–Trinajstić information content (AvgIpc) is 2.47. The molecule has 8 heteroatoms. The van der Waals surface area contributed by atoms with Crippen LogP contribution in [0.15, 0.2) is 41.0 Å². The summed E-state index contributed by atoms with van der Waals surface area (Å²) in [5.41, 5.74) is 12.0. The van der Waals surface area contributed by atoms with Gasteiger partial charge in [0, 0.05) is 23.0 Å². The molecule has 0 saturated heterocycles. The van der Waals surface area contributed by atoms with Crippen molar-refractivity contribution < 1.29 is 13.6 Å². The molecule has 0 aliphatic rings. The molecule has 4 N–H and O–H groups in total. The van der Waals surface area contributed by atoms with Crippen LogP contribution in [0.5, 0.6) is 0 Å². The van der Waals surface area contributed by atoms with Crippen LogP contribution in [-0.4, -0.2) is 21.6 Å². The predicted octanol–water partition coefficient (Wildman–Crippen LogP) is 2.15. The SMILES string of the molecule is C/C(N)=C/C(N)=Nc1cc(C)nc(C(=O)c2ccc(F)c(F)c2)n1. The molecule has 0 amide bonds. The number of allylic oxidation sites excluding steroid dienone is 1. The van der Waals surface area contributed by atoms with Gasteiger partial charge in [-0.15, -0.1) is 0 Å². The van der Waals surface area contributed by atoms with E-state index in [9.17, 15) is 13.6 Å². The van der Waals surface area contributed by atoms with Crippen LogP contribution >= 0.6 is 0 Å². The molecule has 24 heavy (non-hydrogen) atoms. The second kappa shape index (κ2) is 6.95. The molecule has 1 aromatic carbocycles. The van der Waals surface area contributed by atoms with E-state index in [0.717, 1.165) is 18.2 Å². The second-order valence-electron chi connectivity index (χ2n) is 5.07. The highest BCUT2D eigenvalue weighted by Gasteiger charge is 2.16. The van der Waals surface area contributed by atoms with Crippen molar-refractivity contribution in [1.82, 2.24) is 9.97 Å². The number of aryl methyl sites for hydroxylation is 1. The molecule has 124 valence electrons. The standard InChI is InChI=1S/C16H15F2N5O/c1-8(19)5-13(20)22-14-6-9(2)21-16(23-14)15(24)10-3-4-11(17)12(18)7-10/h3-7H,19H2,1-2H3,(H2,20,21,22,23)/b8-5-. The Morgan fingerprint density at radius 2 is 1.88 bits per heavy atom. The van der Waals surface area contributed by atoms with E-state index in [0.29, 0.717) is 11.4 Å². The number of benzene rings is 1. The van der Waals surface area contributed by atoms with Gasteiger partial charge in [0.25, 0.3) is 0 Å². The Hall–Kier alpha value is -3.16. The van der Waals surface area contributed by atoms with Gasteiger partial charge in [-0.3, -0.25) is 4.79 Å². The summed E-state index contributed by atoms with van der Waals surface area (Å²) < 4.78 is 26.3. The van der Waals surface area contributed by atoms with Crippen LogP contribution in [0.2, 0.25) is 0 Å². The third-order valence-electron chi connectivity index (χ3n) is 2.84.